The highest BCUT2D eigenvalue weighted by atomic mass is 31.2. The summed E-state index contributed by atoms with van der Waals surface area (Å²) in [6, 6.07) is 30.0. The van der Waals surface area contributed by atoms with E-state index < -0.39 is 12.8 Å². The molecule has 130 valence electrons. The Balaban J connectivity index is 2.38. The average Bonchev–Trinajstić information content (AvgIpc) is 2.67. The molecule has 0 unspecified atom stereocenters. The molecule has 2 N–H and O–H groups in total. The topological polar surface area (TPSA) is 60.2 Å². The first-order chi connectivity index (χ1) is 12.6. The summed E-state index contributed by atoms with van der Waals surface area (Å²) < 4.78 is 0. The van der Waals surface area contributed by atoms with E-state index in [-0.39, 0.29) is 12.2 Å². The van der Waals surface area contributed by atoms with E-state index in [9.17, 15) is 9.59 Å². The molecule has 0 saturated carbocycles. The van der Waals surface area contributed by atoms with Gasteiger partial charge in [-0.15, -0.1) is 0 Å². The van der Waals surface area contributed by atoms with Crippen LogP contribution in [0, 0.1) is 0 Å². The molecule has 0 atom stereocenters. The van der Waals surface area contributed by atoms with Crippen molar-refractivity contribution in [2.45, 2.75) is 6.42 Å². The molecule has 1 amide bonds. The van der Waals surface area contributed by atoms with Crippen LogP contribution in [0.1, 0.15) is 6.42 Å². The summed E-state index contributed by atoms with van der Waals surface area (Å²) in [5.41, 5.74) is 5.26. The first-order valence-electron chi connectivity index (χ1n) is 8.35. The maximum absolute atomic E-state index is 12.7. The van der Waals surface area contributed by atoms with Crippen molar-refractivity contribution >= 4 is 40.3 Å². The Labute approximate surface area is 153 Å². The summed E-state index contributed by atoms with van der Waals surface area (Å²) >= 11 is 0. The summed E-state index contributed by atoms with van der Waals surface area (Å²) in [6.07, 6.45) is -0.283. The van der Waals surface area contributed by atoms with Gasteiger partial charge in [-0.25, -0.2) is 0 Å². The largest absolute Gasteiger partial charge is 0.369 e. The lowest BCUT2D eigenvalue weighted by molar-refractivity contribution is -0.123. The van der Waals surface area contributed by atoms with E-state index >= 15 is 0 Å². The molecule has 0 radical (unpaired) electrons. The third kappa shape index (κ3) is 3.68. The van der Waals surface area contributed by atoms with Crippen molar-refractivity contribution in [3.63, 3.8) is 0 Å². The van der Waals surface area contributed by atoms with Crippen LogP contribution in [0.15, 0.2) is 91.0 Å². The highest BCUT2D eigenvalue weighted by Gasteiger charge is 2.26. The minimum atomic E-state index is -2.35. The fraction of sp³-hybridized carbons (Fsp3) is 0.0455. The van der Waals surface area contributed by atoms with Gasteiger partial charge in [0.25, 0.3) is 0 Å². The normalized spacial score (nSPS) is 10.9. The van der Waals surface area contributed by atoms with E-state index in [4.69, 9.17) is 5.73 Å². The molecule has 4 heteroatoms. The van der Waals surface area contributed by atoms with Crippen LogP contribution >= 0.6 is 6.89 Å². The van der Waals surface area contributed by atoms with Crippen LogP contribution in [0.2, 0.25) is 0 Å². The van der Waals surface area contributed by atoms with Crippen LogP contribution < -0.4 is 21.6 Å². The monoisotopic (exact) mass is 361 g/mol. The number of primary amides is 1. The van der Waals surface area contributed by atoms with Gasteiger partial charge in [-0.2, -0.15) is 0 Å². The van der Waals surface area contributed by atoms with Gasteiger partial charge in [-0.3, -0.25) is 9.59 Å². The number of hydrogen-bond donors (Lipinski definition) is 1. The molecule has 3 nitrogen and oxygen atoms in total. The van der Waals surface area contributed by atoms with E-state index in [1.165, 1.54) is 0 Å². The quantitative estimate of drug-likeness (QED) is 0.541. The molecule has 3 aromatic carbocycles. The fourth-order valence-corrected chi connectivity index (χ4v) is 6.89. The zero-order valence-corrected chi connectivity index (χ0v) is 15.2. The molecule has 0 heterocycles. The highest BCUT2D eigenvalue weighted by molar-refractivity contribution is 7.95. The van der Waals surface area contributed by atoms with Gasteiger partial charge in [0.05, 0.1) is 6.42 Å². The number of carbonyl (C=O) groups excluding carboxylic acids is 2. The van der Waals surface area contributed by atoms with Crippen molar-refractivity contribution in [3.05, 3.63) is 91.0 Å². The predicted molar refractivity (Wildman–Crippen MR) is 110 cm³/mol. The number of nitrogens with two attached hydrogens (primary N) is 1. The first kappa shape index (κ1) is 17.9. The van der Waals surface area contributed by atoms with Gasteiger partial charge in [-0.1, -0.05) is 91.0 Å². The Hall–Kier alpha value is -2.90. The van der Waals surface area contributed by atoms with Gasteiger partial charge < -0.3 is 5.73 Å². The van der Waals surface area contributed by atoms with Gasteiger partial charge >= 0.3 is 0 Å². The third-order valence-electron chi connectivity index (χ3n) is 4.18. The maximum Gasteiger partial charge on any atom is 0.225 e. The molecule has 0 bridgehead atoms. The van der Waals surface area contributed by atoms with Gasteiger partial charge in [0.15, 0.2) is 5.78 Å². The molecular weight excluding hydrogens is 341 g/mol. The number of amides is 1. The molecule has 3 rings (SSSR count). The lowest BCUT2D eigenvalue weighted by Gasteiger charge is -2.28. The smallest absolute Gasteiger partial charge is 0.225 e. The van der Waals surface area contributed by atoms with Crippen molar-refractivity contribution in [3.8, 4) is 0 Å². The SMILES string of the molecule is NC(=O)CC(=O)C=P(c1ccccc1)(c1ccccc1)c1ccccc1. The van der Waals surface area contributed by atoms with Crippen molar-refractivity contribution in [2.24, 2.45) is 5.73 Å². The van der Waals surface area contributed by atoms with Crippen LogP contribution in [-0.4, -0.2) is 17.5 Å². The number of Topliss-reactive ketones (excluding diaryl/α,β-unsaturated/α-hetero) is 1. The maximum atomic E-state index is 12.7. The number of benzene rings is 3. The Morgan fingerprint density at radius 1 is 0.692 bits per heavy atom. The van der Waals surface area contributed by atoms with Crippen molar-refractivity contribution in [1.82, 2.24) is 0 Å². The van der Waals surface area contributed by atoms with E-state index in [0.717, 1.165) is 15.9 Å². The van der Waals surface area contributed by atoms with Crippen molar-refractivity contribution in [1.29, 1.82) is 0 Å². The number of rotatable bonds is 6. The lowest BCUT2D eigenvalue weighted by Crippen LogP contribution is -2.29. The molecule has 0 aromatic heterocycles. The van der Waals surface area contributed by atoms with Gasteiger partial charge in [-0.05, 0) is 28.6 Å². The Kier molecular flexibility index (Phi) is 5.50. The first-order valence-corrected chi connectivity index (χ1v) is 10.2. The average molecular weight is 361 g/mol. The zero-order valence-electron chi connectivity index (χ0n) is 14.3. The number of hydrogen-bond acceptors (Lipinski definition) is 2. The Morgan fingerprint density at radius 2 is 1.04 bits per heavy atom. The molecule has 0 fully saturated rings. The van der Waals surface area contributed by atoms with Crippen LogP contribution in [0.4, 0.5) is 0 Å². The van der Waals surface area contributed by atoms with Crippen LogP contribution in [0.5, 0.6) is 0 Å². The Morgan fingerprint density at radius 3 is 1.35 bits per heavy atom. The minimum absolute atomic E-state index is 0.248. The van der Waals surface area contributed by atoms with Gasteiger partial charge in [0.2, 0.25) is 5.91 Å². The van der Waals surface area contributed by atoms with E-state index in [0.29, 0.717) is 0 Å². The van der Waals surface area contributed by atoms with Crippen LogP contribution in [0.3, 0.4) is 0 Å². The summed E-state index contributed by atoms with van der Waals surface area (Å²) in [4.78, 5) is 24.0. The van der Waals surface area contributed by atoms with Gasteiger partial charge in [0.1, 0.15) is 0 Å². The third-order valence-corrected chi connectivity index (χ3v) is 8.19. The predicted octanol–water partition coefficient (Wildman–Crippen LogP) is 2.23. The summed E-state index contributed by atoms with van der Waals surface area (Å²) in [5.74, 6) is 0.874. The Bertz CT molecular complexity index is 848. The molecule has 3 aromatic rings. The minimum Gasteiger partial charge on any atom is -0.369 e. The second-order valence-corrected chi connectivity index (χ2v) is 9.22. The summed E-state index contributed by atoms with van der Waals surface area (Å²) in [7, 11) is 0. The van der Waals surface area contributed by atoms with E-state index in [1.54, 1.807) is 5.80 Å². The van der Waals surface area contributed by atoms with Crippen LogP contribution in [-0.2, 0) is 9.59 Å². The molecular formula is C22H20NO2P. The number of ketones is 1. The molecule has 0 saturated heterocycles. The van der Waals surface area contributed by atoms with Gasteiger partial charge in [0, 0.05) is 0 Å². The summed E-state index contributed by atoms with van der Waals surface area (Å²) in [5, 5.41) is 3.20. The van der Waals surface area contributed by atoms with E-state index in [1.807, 2.05) is 91.0 Å². The second-order valence-electron chi connectivity index (χ2n) is 5.97. The number of carbonyl (C=O) groups is 2. The fourth-order valence-electron chi connectivity index (χ4n) is 3.09. The van der Waals surface area contributed by atoms with Crippen LogP contribution in [0.25, 0.3) is 0 Å². The zero-order chi connectivity index (χ0) is 18.4. The molecule has 0 aliphatic carbocycles. The second kappa shape index (κ2) is 7.99. The molecule has 0 aliphatic rings. The molecule has 0 aliphatic heterocycles. The standard InChI is InChI=1S/C22H20NO2P/c23-22(25)16-18(24)17-26(19-10-4-1-5-11-19,20-12-6-2-7-13-20)21-14-8-3-9-15-21/h1-15,17H,16H2,(H2,23,25). The lowest BCUT2D eigenvalue weighted by atomic mass is 10.3. The summed E-state index contributed by atoms with van der Waals surface area (Å²) in [6.45, 7) is -2.35. The molecule has 26 heavy (non-hydrogen) atoms. The van der Waals surface area contributed by atoms with E-state index in [2.05, 4.69) is 0 Å². The van der Waals surface area contributed by atoms with Crippen molar-refractivity contribution < 1.29 is 9.59 Å². The molecule has 0 spiro atoms. The highest BCUT2D eigenvalue weighted by Crippen LogP contribution is 2.43. The van der Waals surface area contributed by atoms with Crippen molar-refractivity contribution in [2.75, 3.05) is 0 Å².